The Morgan fingerprint density at radius 2 is 2.14 bits per heavy atom. The van der Waals surface area contributed by atoms with Gasteiger partial charge in [-0.1, -0.05) is 0 Å². The second kappa shape index (κ2) is 2.32. The number of hydrogen-bond acceptors (Lipinski definition) is 2. The molecule has 0 bridgehead atoms. The average Bonchev–Trinajstić information content (AvgIpc) is 1.30. The van der Waals surface area contributed by atoms with E-state index in [2.05, 4.69) is 5.63 Å². The molecule has 0 aromatic heterocycles. The number of nitrogens with two attached hydrogens (primary N) is 1. The van der Waals surface area contributed by atoms with Crippen LogP contribution in [0.25, 0.3) is 0 Å². The summed E-state index contributed by atoms with van der Waals surface area (Å²) in [5, 5.41) is 0. The maximum atomic E-state index is 9.73. The van der Waals surface area contributed by atoms with E-state index in [0.717, 1.165) is 0 Å². The normalized spacial score (nSPS) is 10.1. The Labute approximate surface area is 44.2 Å². The third-order valence-electron chi connectivity index (χ3n) is 0.334. The third kappa shape index (κ3) is 5.97. The predicted octanol–water partition coefficient (Wildman–Crippen LogP) is 0.975. The van der Waals surface area contributed by atoms with Gasteiger partial charge in [-0.05, 0) is 0 Å². The standard InChI is InChI=1S/C4H8NOP/c1-4(2,5)3-7-6/h5H2,1-2H3. The van der Waals surface area contributed by atoms with Gasteiger partial charge in [0.2, 0.25) is 0 Å². The summed E-state index contributed by atoms with van der Waals surface area (Å²) in [5.41, 5.74) is 7.28. The van der Waals surface area contributed by atoms with E-state index in [4.69, 9.17) is 5.73 Å². The zero-order valence-corrected chi connectivity index (χ0v) is 5.33. The molecule has 0 heterocycles. The van der Waals surface area contributed by atoms with E-state index in [-0.39, 0.29) is 7.92 Å². The van der Waals surface area contributed by atoms with Crippen LogP contribution >= 0.6 is 7.92 Å². The van der Waals surface area contributed by atoms with Gasteiger partial charge in [-0.3, -0.25) is 0 Å². The van der Waals surface area contributed by atoms with Crippen LogP contribution in [0.15, 0.2) is 0 Å². The van der Waals surface area contributed by atoms with Crippen molar-refractivity contribution < 1.29 is 4.57 Å². The zero-order valence-electron chi connectivity index (χ0n) is 4.43. The molecule has 0 aliphatic rings. The van der Waals surface area contributed by atoms with Crippen LogP contribution in [0.3, 0.4) is 0 Å². The van der Waals surface area contributed by atoms with E-state index in [1.165, 1.54) is 0 Å². The van der Waals surface area contributed by atoms with Crippen LogP contribution < -0.4 is 5.73 Å². The van der Waals surface area contributed by atoms with E-state index in [1.54, 1.807) is 13.8 Å². The van der Waals surface area contributed by atoms with Gasteiger partial charge in [0.15, 0.2) is 0 Å². The van der Waals surface area contributed by atoms with Crippen LogP contribution in [0, 0.1) is 5.63 Å². The molecule has 7 heavy (non-hydrogen) atoms. The molecule has 0 saturated heterocycles. The molecule has 0 spiro atoms. The summed E-state index contributed by atoms with van der Waals surface area (Å²) in [4.78, 5) is 0. The van der Waals surface area contributed by atoms with Crippen molar-refractivity contribution in [1.82, 2.24) is 0 Å². The van der Waals surface area contributed by atoms with E-state index < -0.39 is 5.54 Å². The van der Waals surface area contributed by atoms with Crippen LogP contribution in [-0.2, 0) is 4.57 Å². The van der Waals surface area contributed by atoms with Crippen molar-refractivity contribution in [2.75, 3.05) is 0 Å². The molecule has 0 unspecified atom stereocenters. The van der Waals surface area contributed by atoms with Gasteiger partial charge in [0.1, 0.15) is 0 Å². The molecule has 0 fully saturated rings. The minimum atomic E-state index is -0.524. The molecule has 0 amide bonds. The fourth-order valence-electron chi connectivity index (χ4n) is 0.118. The number of rotatable bonds is 0. The Bertz CT molecular complexity index is 139. The van der Waals surface area contributed by atoms with E-state index in [9.17, 15) is 4.57 Å². The van der Waals surface area contributed by atoms with Crippen LogP contribution in [-0.4, -0.2) is 5.54 Å². The quantitative estimate of drug-likeness (QED) is 0.480. The van der Waals surface area contributed by atoms with Gasteiger partial charge < -0.3 is 0 Å². The van der Waals surface area contributed by atoms with Crippen molar-refractivity contribution in [3.63, 3.8) is 0 Å². The second-order valence-electron chi connectivity index (χ2n) is 1.92. The Kier molecular flexibility index (Phi) is 2.31. The van der Waals surface area contributed by atoms with Gasteiger partial charge in [-0.2, -0.15) is 0 Å². The molecule has 40 valence electrons. The summed E-state index contributed by atoms with van der Waals surface area (Å²) in [5.74, 6) is 0. The molecule has 0 aliphatic carbocycles. The fourth-order valence-corrected chi connectivity index (χ4v) is 0.353. The maximum absolute atomic E-state index is 9.73. The molecule has 0 aliphatic heterocycles. The fraction of sp³-hybridized carbons (Fsp3) is 0.750. The first-order valence-electron chi connectivity index (χ1n) is 1.94. The topological polar surface area (TPSA) is 43.1 Å². The first kappa shape index (κ1) is 6.97. The summed E-state index contributed by atoms with van der Waals surface area (Å²) in [6.45, 7) is 3.47. The minimum absolute atomic E-state index is 0.116. The summed E-state index contributed by atoms with van der Waals surface area (Å²) < 4.78 is 9.73. The molecule has 0 aromatic rings. The second-order valence-corrected chi connectivity index (χ2v) is 2.33. The van der Waals surface area contributed by atoms with E-state index in [1.807, 2.05) is 0 Å². The molecule has 2 N–H and O–H groups in total. The van der Waals surface area contributed by atoms with Crippen LogP contribution in [0.5, 0.6) is 0 Å². The molecular formula is C4H8NOP. The Hall–Kier alpha value is -0.0300. The zero-order chi connectivity index (χ0) is 5.91. The van der Waals surface area contributed by atoms with Gasteiger partial charge in [0, 0.05) is 0 Å². The Morgan fingerprint density at radius 1 is 1.71 bits per heavy atom. The SMILES string of the molecule is CC(C)(N)C#P=O. The molecule has 2 nitrogen and oxygen atoms in total. The molecule has 0 radical (unpaired) electrons. The van der Waals surface area contributed by atoms with Crippen LogP contribution in [0.1, 0.15) is 13.8 Å². The monoisotopic (exact) mass is 117 g/mol. The van der Waals surface area contributed by atoms with Crippen molar-refractivity contribution >= 4 is 7.92 Å². The molecular weight excluding hydrogens is 109 g/mol. The summed E-state index contributed by atoms with van der Waals surface area (Å²) in [6, 6.07) is 0. The Balaban J connectivity index is 3.99. The molecule has 0 saturated carbocycles. The van der Waals surface area contributed by atoms with Crippen molar-refractivity contribution in [2.24, 2.45) is 5.73 Å². The van der Waals surface area contributed by atoms with Gasteiger partial charge in [-0.25, -0.2) is 0 Å². The van der Waals surface area contributed by atoms with Crippen LogP contribution in [0.2, 0.25) is 0 Å². The molecule has 0 atom stereocenters. The van der Waals surface area contributed by atoms with Gasteiger partial charge in [0.05, 0.1) is 0 Å². The first-order valence-corrected chi connectivity index (χ1v) is 2.76. The molecule has 0 aromatic carbocycles. The van der Waals surface area contributed by atoms with E-state index >= 15 is 0 Å². The summed E-state index contributed by atoms with van der Waals surface area (Å²) in [7, 11) is -0.116. The van der Waals surface area contributed by atoms with Gasteiger partial charge >= 0.3 is 43.2 Å². The summed E-state index contributed by atoms with van der Waals surface area (Å²) in [6.07, 6.45) is 0. The third-order valence-corrected chi connectivity index (χ3v) is 1.00. The van der Waals surface area contributed by atoms with Crippen molar-refractivity contribution in [2.45, 2.75) is 19.4 Å². The first-order chi connectivity index (χ1) is 3.06. The van der Waals surface area contributed by atoms with E-state index in [0.29, 0.717) is 0 Å². The van der Waals surface area contributed by atoms with Crippen LogP contribution in [0.4, 0.5) is 0 Å². The van der Waals surface area contributed by atoms with Crippen molar-refractivity contribution in [3.05, 3.63) is 0 Å². The predicted molar refractivity (Wildman–Crippen MR) is 29.8 cm³/mol. The van der Waals surface area contributed by atoms with Crippen molar-refractivity contribution in [3.8, 4) is 5.63 Å². The Morgan fingerprint density at radius 3 is 2.14 bits per heavy atom. The molecule has 0 rings (SSSR count). The van der Waals surface area contributed by atoms with Crippen molar-refractivity contribution in [1.29, 1.82) is 0 Å². The molecule has 3 heteroatoms. The van der Waals surface area contributed by atoms with Gasteiger partial charge in [0.25, 0.3) is 0 Å². The van der Waals surface area contributed by atoms with Gasteiger partial charge in [-0.15, -0.1) is 0 Å². The average molecular weight is 117 g/mol. The summed E-state index contributed by atoms with van der Waals surface area (Å²) >= 11 is 0. The number of hydrogen-bond donors (Lipinski definition) is 1.